The van der Waals surface area contributed by atoms with Crippen LogP contribution in [0.25, 0.3) is 0 Å². The molecule has 2 heterocycles. The van der Waals surface area contributed by atoms with Gasteiger partial charge in [0, 0.05) is 19.3 Å². The number of esters is 1. The van der Waals surface area contributed by atoms with Crippen LogP contribution < -0.4 is 10.4 Å². The van der Waals surface area contributed by atoms with Gasteiger partial charge in [-0.25, -0.2) is 0 Å². The first-order valence-corrected chi connectivity index (χ1v) is 14.3. The van der Waals surface area contributed by atoms with Crippen molar-refractivity contribution in [1.82, 2.24) is 0 Å². The van der Waals surface area contributed by atoms with Gasteiger partial charge in [0.2, 0.25) is 0 Å². The maximum absolute atomic E-state index is 12.2. The quantitative estimate of drug-likeness (QED) is 0.482. The summed E-state index contributed by atoms with van der Waals surface area (Å²) in [6.45, 7) is 10.7. The van der Waals surface area contributed by atoms with E-state index in [1.807, 2.05) is 13.8 Å². The molecule has 1 spiro atoms. The van der Waals surface area contributed by atoms with Crippen molar-refractivity contribution in [3.8, 4) is 0 Å². The number of benzene rings is 2. The molecule has 2 saturated heterocycles. The highest BCUT2D eigenvalue weighted by molar-refractivity contribution is 6.99. The fraction of sp³-hybridized carbons (Fsp3) is 0.536. The van der Waals surface area contributed by atoms with Crippen molar-refractivity contribution >= 4 is 24.7 Å². The van der Waals surface area contributed by atoms with Gasteiger partial charge in [0.05, 0.1) is 12.2 Å². The van der Waals surface area contributed by atoms with E-state index >= 15 is 0 Å². The van der Waals surface area contributed by atoms with Gasteiger partial charge in [-0.15, -0.1) is 0 Å². The summed E-state index contributed by atoms with van der Waals surface area (Å²) in [5.41, 5.74) is -0.544. The first-order valence-electron chi connectivity index (χ1n) is 12.4. The van der Waals surface area contributed by atoms with Crippen LogP contribution in [0.2, 0.25) is 5.04 Å². The molecule has 0 aromatic heterocycles. The van der Waals surface area contributed by atoms with Crippen LogP contribution >= 0.6 is 0 Å². The van der Waals surface area contributed by atoms with E-state index in [9.17, 15) is 4.79 Å². The molecule has 3 aliphatic rings. The number of hydrogen-bond donors (Lipinski definition) is 0. The van der Waals surface area contributed by atoms with Crippen molar-refractivity contribution < 1.29 is 23.4 Å². The molecular formula is C28H36O5Si. The highest BCUT2D eigenvalue weighted by atomic mass is 28.4. The molecule has 3 fully saturated rings. The fourth-order valence-electron chi connectivity index (χ4n) is 6.26. The molecule has 0 amide bonds. The molecule has 5 rings (SSSR count). The molecule has 1 aliphatic carbocycles. The molecule has 5 nitrogen and oxygen atoms in total. The number of carbonyl (C=O) groups is 1. The van der Waals surface area contributed by atoms with Crippen LogP contribution in [0.4, 0.5) is 0 Å². The minimum absolute atomic E-state index is 0.124. The van der Waals surface area contributed by atoms with Crippen molar-refractivity contribution in [2.75, 3.05) is 0 Å². The highest BCUT2D eigenvalue weighted by Gasteiger charge is 2.61. The Kier molecular flexibility index (Phi) is 5.79. The minimum Gasteiger partial charge on any atom is -0.459 e. The SMILES string of the molecule is CC1(C)O[C@@H]2[C@@H](C[C@@]3(CCC(=O)O3)C[C@H]2O[Si](c2ccccc2)(c2ccccc2)C(C)(C)C)O1. The summed E-state index contributed by atoms with van der Waals surface area (Å²) in [5.74, 6) is -0.822. The van der Waals surface area contributed by atoms with E-state index < -0.39 is 19.7 Å². The largest absolute Gasteiger partial charge is 0.459 e. The summed E-state index contributed by atoms with van der Waals surface area (Å²) < 4.78 is 26.3. The third kappa shape index (κ3) is 4.04. The number of hydrogen-bond acceptors (Lipinski definition) is 5. The average molecular weight is 481 g/mol. The van der Waals surface area contributed by atoms with Crippen LogP contribution in [0, 0.1) is 0 Å². The lowest BCUT2D eigenvalue weighted by atomic mass is 9.78. The molecular weight excluding hydrogens is 444 g/mol. The summed E-state index contributed by atoms with van der Waals surface area (Å²) >= 11 is 0. The number of rotatable bonds is 4. The molecule has 0 radical (unpaired) electrons. The standard InChI is InChI=1S/C28H36O5Si/c1-26(2,3)34(20-12-8-6-9-13-20,21-14-10-7-11-15-21)33-23-19-28(17-16-24(29)31-28)18-22-25(23)32-27(4,5)30-22/h6-15,22-23,25H,16-19H2,1-5H3/t22-,23-,25-,28+/m1/s1. The number of carbonyl (C=O) groups excluding carboxylic acids is 1. The molecule has 182 valence electrons. The van der Waals surface area contributed by atoms with E-state index in [1.165, 1.54) is 10.4 Å². The van der Waals surface area contributed by atoms with Crippen molar-refractivity contribution in [3.63, 3.8) is 0 Å². The topological polar surface area (TPSA) is 54.0 Å². The Morgan fingerprint density at radius 2 is 1.50 bits per heavy atom. The predicted octanol–water partition coefficient (Wildman–Crippen LogP) is 4.32. The third-order valence-corrected chi connectivity index (χ3v) is 12.7. The summed E-state index contributed by atoms with van der Waals surface area (Å²) in [5, 5.41) is 2.30. The molecule has 2 aliphatic heterocycles. The third-order valence-electron chi connectivity index (χ3n) is 7.59. The van der Waals surface area contributed by atoms with Gasteiger partial charge in [0.1, 0.15) is 11.7 Å². The van der Waals surface area contributed by atoms with Gasteiger partial charge in [-0.3, -0.25) is 4.79 Å². The summed E-state index contributed by atoms with van der Waals surface area (Å²) in [6.07, 6.45) is 1.82. The van der Waals surface area contributed by atoms with Gasteiger partial charge < -0.3 is 18.6 Å². The normalized spacial score (nSPS) is 30.9. The Hall–Kier alpha value is -1.99. The summed E-state index contributed by atoms with van der Waals surface area (Å²) in [7, 11) is -2.80. The molecule has 1 saturated carbocycles. The van der Waals surface area contributed by atoms with Crippen LogP contribution in [0.5, 0.6) is 0 Å². The highest BCUT2D eigenvalue weighted by Crippen LogP contribution is 2.49. The Morgan fingerprint density at radius 3 is 2.00 bits per heavy atom. The first-order chi connectivity index (χ1) is 16.0. The minimum atomic E-state index is -2.80. The van der Waals surface area contributed by atoms with Gasteiger partial charge in [-0.2, -0.15) is 0 Å². The summed E-state index contributed by atoms with van der Waals surface area (Å²) in [6, 6.07) is 21.3. The van der Waals surface area contributed by atoms with Gasteiger partial charge >= 0.3 is 5.97 Å². The predicted molar refractivity (Wildman–Crippen MR) is 134 cm³/mol. The number of fused-ring (bicyclic) bond motifs is 1. The van der Waals surface area contributed by atoms with Crippen LogP contribution in [0.1, 0.15) is 60.3 Å². The van der Waals surface area contributed by atoms with E-state index in [4.69, 9.17) is 18.6 Å². The molecule has 34 heavy (non-hydrogen) atoms. The Labute approximate surface area is 203 Å². The van der Waals surface area contributed by atoms with Crippen LogP contribution in [0.3, 0.4) is 0 Å². The van der Waals surface area contributed by atoms with Crippen LogP contribution in [-0.4, -0.2) is 44.0 Å². The lowest BCUT2D eigenvalue weighted by Crippen LogP contribution is -2.70. The van der Waals surface area contributed by atoms with E-state index in [0.29, 0.717) is 25.7 Å². The molecule has 0 unspecified atom stereocenters. The molecule has 4 atom stereocenters. The lowest BCUT2D eigenvalue weighted by Gasteiger charge is -2.49. The maximum atomic E-state index is 12.2. The van der Waals surface area contributed by atoms with E-state index in [2.05, 4.69) is 81.4 Å². The van der Waals surface area contributed by atoms with Gasteiger partial charge in [0.15, 0.2) is 5.79 Å². The molecule has 2 aromatic carbocycles. The van der Waals surface area contributed by atoms with E-state index in [-0.39, 0.29) is 29.3 Å². The molecule has 6 heteroatoms. The van der Waals surface area contributed by atoms with Gasteiger partial charge in [0.25, 0.3) is 8.32 Å². The smallest absolute Gasteiger partial charge is 0.306 e. The zero-order valence-electron chi connectivity index (χ0n) is 20.9. The molecule has 0 bridgehead atoms. The lowest BCUT2D eigenvalue weighted by molar-refractivity contribution is -0.161. The Balaban J connectivity index is 1.63. The van der Waals surface area contributed by atoms with Crippen molar-refractivity contribution in [2.24, 2.45) is 0 Å². The Bertz CT molecular complexity index is 992. The average Bonchev–Trinajstić information content (AvgIpc) is 3.29. The second-order valence-electron chi connectivity index (χ2n) is 11.5. The number of ether oxygens (including phenoxy) is 3. The van der Waals surface area contributed by atoms with E-state index in [1.54, 1.807) is 0 Å². The van der Waals surface area contributed by atoms with Crippen molar-refractivity contribution in [3.05, 3.63) is 60.7 Å². The zero-order valence-corrected chi connectivity index (χ0v) is 21.9. The molecule has 2 aromatic rings. The monoisotopic (exact) mass is 480 g/mol. The first kappa shape index (κ1) is 23.7. The van der Waals surface area contributed by atoms with Gasteiger partial charge in [-0.1, -0.05) is 81.4 Å². The second kappa shape index (κ2) is 8.30. The van der Waals surface area contributed by atoms with E-state index in [0.717, 1.165) is 0 Å². The zero-order chi connectivity index (χ0) is 24.2. The fourth-order valence-corrected chi connectivity index (χ4v) is 10.9. The van der Waals surface area contributed by atoms with Crippen LogP contribution in [-0.2, 0) is 23.4 Å². The van der Waals surface area contributed by atoms with Crippen LogP contribution in [0.15, 0.2) is 60.7 Å². The maximum Gasteiger partial charge on any atom is 0.306 e. The van der Waals surface area contributed by atoms with Gasteiger partial charge in [-0.05, 0) is 35.7 Å². The molecule has 0 N–H and O–H groups in total. The van der Waals surface area contributed by atoms with Crippen molar-refractivity contribution in [1.29, 1.82) is 0 Å². The summed E-state index contributed by atoms with van der Waals surface area (Å²) in [4.78, 5) is 12.2. The second-order valence-corrected chi connectivity index (χ2v) is 15.8. The Morgan fingerprint density at radius 1 is 0.912 bits per heavy atom. The van der Waals surface area contributed by atoms with Crippen molar-refractivity contribution in [2.45, 2.75) is 95.0 Å².